The van der Waals surface area contributed by atoms with E-state index in [9.17, 15) is 13.2 Å². The highest BCUT2D eigenvalue weighted by Gasteiger charge is 2.34. The van der Waals surface area contributed by atoms with Crippen LogP contribution < -0.4 is 0 Å². The molecule has 1 aromatic heterocycles. The van der Waals surface area contributed by atoms with E-state index < -0.39 is 10.0 Å². The summed E-state index contributed by atoms with van der Waals surface area (Å²) in [7, 11) is -3.62. The summed E-state index contributed by atoms with van der Waals surface area (Å²) in [6.45, 7) is 4.84. The molecule has 2 atom stereocenters. The van der Waals surface area contributed by atoms with Crippen molar-refractivity contribution < 1.29 is 17.9 Å². The molecule has 8 heteroatoms. The number of ether oxygens (including phenoxy) is 1. The Bertz CT molecular complexity index is 981. The molecule has 0 bridgehead atoms. The monoisotopic (exact) mass is 429 g/mol. The van der Waals surface area contributed by atoms with Crippen LogP contribution in [0.2, 0.25) is 0 Å². The maximum atomic E-state index is 13.1. The number of pyridine rings is 1. The number of nitrogens with zero attached hydrogens (tertiary/aromatic N) is 3. The summed E-state index contributed by atoms with van der Waals surface area (Å²) in [4.78, 5) is 19.5. The van der Waals surface area contributed by atoms with Crippen molar-refractivity contribution in [1.29, 1.82) is 0 Å². The Hall–Kier alpha value is -2.29. The lowest BCUT2D eigenvalue weighted by Gasteiger charge is -2.34. The standard InChI is InChI=1S/C22H27N3O4S/c1-16-13-24(14-17(2)29-16)30(27,28)21-10-6-18(7-11-21)22(26)25(20-8-9-20)15-19-5-3-4-12-23-19/h3-7,10-12,16-17,20H,8-9,13-15H2,1-2H3. The maximum absolute atomic E-state index is 13.1. The van der Waals surface area contributed by atoms with E-state index in [1.54, 1.807) is 18.3 Å². The molecule has 2 fully saturated rings. The summed E-state index contributed by atoms with van der Waals surface area (Å²) in [6, 6.07) is 12.2. The first kappa shape index (κ1) is 21.0. The molecular formula is C22H27N3O4S. The van der Waals surface area contributed by atoms with Gasteiger partial charge in [0.05, 0.1) is 29.3 Å². The number of sulfonamides is 1. The summed E-state index contributed by atoms with van der Waals surface area (Å²) in [5.74, 6) is -0.0966. The summed E-state index contributed by atoms with van der Waals surface area (Å²) in [5.41, 5.74) is 1.33. The lowest BCUT2D eigenvalue weighted by molar-refractivity contribution is -0.0440. The third-order valence-corrected chi connectivity index (χ3v) is 7.28. The van der Waals surface area contributed by atoms with E-state index in [4.69, 9.17) is 4.74 Å². The highest BCUT2D eigenvalue weighted by atomic mass is 32.2. The van der Waals surface area contributed by atoms with Crippen molar-refractivity contribution in [2.75, 3.05) is 13.1 Å². The Morgan fingerprint density at radius 1 is 1.10 bits per heavy atom. The molecule has 1 aliphatic heterocycles. The smallest absolute Gasteiger partial charge is 0.254 e. The second-order valence-electron chi connectivity index (χ2n) is 8.09. The Morgan fingerprint density at radius 2 is 1.77 bits per heavy atom. The predicted molar refractivity (Wildman–Crippen MR) is 112 cm³/mol. The van der Waals surface area contributed by atoms with Gasteiger partial charge in [0.25, 0.3) is 5.91 Å². The summed E-state index contributed by atoms with van der Waals surface area (Å²) in [5, 5.41) is 0. The molecule has 1 saturated heterocycles. The van der Waals surface area contributed by atoms with E-state index in [-0.39, 0.29) is 29.1 Å². The molecule has 160 valence electrons. The number of hydrogen-bond donors (Lipinski definition) is 0. The van der Waals surface area contributed by atoms with Crippen LogP contribution in [0.15, 0.2) is 53.6 Å². The topological polar surface area (TPSA) is 79.8 Å². The van der Waals surface area contributed by atoms with E-state index >= 15 is 0 Å². The molecule has 1 saturated carbocycles. The van der Waals surface area contributed by atoms with Crippen LogP contribution in [0, 0.1) is 0 Å². The zero-order valence-corrected chi connectivity index (χ0v) is 18.1. The van der Waals surface area contributed by atoms with Gasteiger partial charge >= 0.3 is 0 Å². The van der Waals surface area contributed by atoms with Crippen LogP contribution in [-0.4, -0.2) is 59.9 Å². The first-order valence-corrected chi connectivity index (χ1v) is 11.7. The SMILES string of the molecule is CC1CN(S(=O)(=O)c2ccc(C(=O)N(Cc3ccccn3)C3CC3)cc2)CC(C)O1. The van der Waals surface area contributed by atoms with E-state index in [2.05, 4.69) is 4.98 Å². The van der Waals surface area contributed by atoms with Crippen LogP contribution in [0.4, 0.5) is 0 Å². The zero-order valence-electron chi connectivity index (χ0n) is 17.3. The lowest BCUT2D eigenvalue weighted by atomic mass is 10.2. The molecule has 2 unspecified atom stereocenters. The average Bonchev–Trinajstić information content (AvgIpc) is 3.57. The maximum Gasteiger partial charge on any atom is 0.254 e. The number of rotatable bonds is 6. The Balaban J connectivity index is 1.51. The number of carbonyl (C=O) groups excluding carboxylic acids is 1. The molecule has 1 aromatic carbocycles. The summed E-state index contributed by atoms with van der Waals surface area (Å²) in [6.07, 6.45) is 3.39. The Morgan fingerprint density at radius 3 is 2.33 bits per heavy atom. The minimum absolute atomic E-state index is 0.0966. The molecular weight excluding hydrogens is 402 g/mol. The van der Waals surface area contributed by atoms with Crippen molar-refractivity contribution in [2.24, 2.45) is 0 Å². The fourth-order valence-corrected chi connectivity index (χ4v) is 5.42. The van der Waals surface area contributed by atoms with Crippen molar-refractivity contribution in [3.8, 4) is 0 Å². The quantitative estimate of drug-likeness (QED) is 0.705. The van der Waals surface area contributed by atoms with Gasteiger partial charge in [-0.2, -0.15) is 4.31 Å². The van der Waals surface area contributed by atoms with Crippen molar-refractivity contribution in [2.45, 2.75) is 56.4 Å². The summed E-state index contributed by atoms with van der Waals surface area (Å²) >= 11 is 0. The van der Waals surface area contributed by atoms with Gasteiger partial charge in [-0.25, -0.2) is 8.42 Å². The van der Waals surface area contributed by atoms with Gasteiger partial charge in [0.1, 0.15) is 0 Å². The van der Waals surface area contributed by atoms with E-state index in [0.29, 0.717) is 25.2 Å². The molecule has 7 nitrogen and oxygen atoms in total. The van der Waals surface area contributed by atoms with Crippen molar-refractivity contribution >= 4 is 15.9 Å². The zero-order chi connectivity index (χ0) is 21.3. The highest BCUT2D eigenvalue weighted by molar-refractivity contribution is 7.89. The average molecular weight is 430 g/mol. The van der Waals surface area contributed by atoms with Crippen molar-refractivity contribution in [3.05, 3.63) is 59.9 Å². The molecule has 2 aliphatic rings. The van der Waals surface area contributed by atoms with Crippen molar-refractivity contribution in [3.63, 3.8) is 0 Å². The number of aromatic nitrogens is 1. The second kappa shape index (κ2) is 8.45. The number of morpholine rings is 1. The molecule has 2 heterocycles. The van der Waals surface area contributed by atoms with Gasteiger partial charge in [0.2, 0.25) is 10.0 Å². The van der Waals surface area contributed by atoms with Gasteiger partial charge in [-0.05, 0) is 63.1 Å². The van der Waals surface area contributed by atoms with Crippen LogP contribution in [0.1, 0.15) is 42.7 Å². The third-order valence-electron chi connectivity index (χ3n) is 5.43. The van der Waals surface area contributed by atoms with Gasteiger partial charge in [0, 0.05) is 30.9 Å². The van der Waals surface area contributed by atoms with E-state index in [1.165, 1.54) is 16.4 Å². The fraction of sp³-hybridized carbons (Fsp3) is 0.455. The molecule has 30 heavy (non-hydrogen) atoms. The Kier molecular flexibility index (Phi) is 5.90. The lowest BCUT2D eigenvalue weighted by Crippen LogP contribution is -2.48. The molecule has 4 rings (SSSR count). The molecule has 1 aliphatic carbocycles. The second-order valence-corrected chi connectivity index (χ2v) is 10.0. The van der Waals surface area contributed by atoms with Crippen LogP contribution in [0.5, 0.6) is 0 Å². The normalized spacial score (nSPS) is 22.6. The van der Waals surface area contributed by atoms with Gasteiger partial charge in [-0.15, -0.1) is 0 Å². The van der Waals surface area contributed by atoms with Gasteiger partial charge in [0.15, 0.2) is 0 Å². The molecule has 0 spiro atoms. The number of carbonyl (C=O) groups is 1. The van der Waals surface area contributed by atoms with Gasteiger partial charge < -0.3 is 9.64 Å². The number of hydrogen-bond acceptors (Lipinski definition) is 5. The molecule has 0 N–H and O–H groups in total. The first-order chi connectivity index (χ1) is 14.3. The molecule has 2 aromatic rings. The third kappa shape index (κ3) is 4.55. The van der Waals surface area contributed by atoms with Crippen LogP contribution in [0.3, 0.4) is 0 Å². The van der Waals surface area contributed by atoms with Gasteiger partial charge in [-0.1, -0.05) is 6.07 Å². The van der Waals surface area contributed by atoms with Gasteiger partial charge in [-0.3, -0.25) is 9.78 Å². The Labute approximate surface area is 177 Å². The minimum atomic E-state index is -3.62. The van der Waals surface area contributed by atoms with Crippen LogP contribution in [0.25, 0.3) is 0 Å². The van der Waals surface area contributed by atoms with E-state index in [0.717, 1.165) is 18.5 Å². The largest absolute Gasteiger partial charge is 0.373 e. The fourth-order valence-electron chi connectivity index (χ4n) is 3.83. The molecule has 0 radical (unpaired) electrons. The van der Waals surface area contributed by atoms with Crippen molar-refractivity contribution in [1.82, 2.24) is 14.2 Å². The minimum Gasteiger partial charge on any atom is -0.373 e. The summed E-state index contributed by atoms with van der Waals surface area (Å²) < 4.78 is 33.1. The van der Waals surface area contributed by atoms with Crippen LogP contribution >= 0.6 is 0 Å². The highest BCUT2D eigenvalue weighted by Crippen LogP contribution is 2.30. The van der Waals surface area contributed by atoms with Crippen LogP contribution in [-0.2, 0) is 21.3 Å². The first-order valence-electron chi connectivity index (χ1n) is 10.3. The predicted octanol–water partition coefficient (Wildman–Crippen LogP) is 2.68. The molecule has 1 amide bonds. The number of benzene rings is 1. The van der Waals surface area contributed by atoms with E-state index in [1.807, 2.05) is 36.9 Å². The number of amides is 1.